The van der Waals surface area contributed by atoms with E-state index in [1.165, 1.54) is 173 Å². The van der Waals surface area contributed by atoms with Crippen molar-refractivity contribution in [1.29, 1.82) is 0 Å². The first-order valence-corrected chi connectivity index (χ1v) is 28.1. The molecule has 0 saturated carbocycles. The van der Waals surface area contributed by atoms with Gasteiger partial charge in [0.2, 0.25) is 0 Å². The van der Waals surface area contributed by atoms with E-state index in [1.807, 2.05) is 0 Å². The Hall–Kier alpha value is -1.58. The van der Waals surface area contributed by atoms with Gasteiger partial charge in [0.25, 0.3) is 0 Å². The number of hydrogen-bond donors (Lipinski definition) is 3. The number of carbonyl (C=O) groups excluding carboxylic acids is 1. The average molecular weight is 925 g/mol. The Morgan fingerprint density at radius 2 is 0.844 bits per heavy atom. The third kappa shape index (κ3) is 49.8. The minimum absolute atomic E-state index is 0.0469. The van der Waals surface area contributed by atoms with E-state index in [9.17, 15) is 19.4 Å². The number of esters is 1. The molecule has 0 aliphatic heterocycles. The Kier molecular flexibility index (Phi) is 49.6. The van der Waals surface area contributed by atoms with Gasteiger partial charge in [-0.2, -0.15) is 0 Å². The molecule has 0 aliphatic rings. The fourth-order valence-corrected chi connectivity index (χ4v) is 8.21. The van der Waals surface area contributed by atoms with Crippen LogP contribution in [0.25, 0.3) is 0 Å². The molecule has 0 rings (SSSR count). The molecule has 0 heterocycles. The van der Waals surface area contributed by atoms with E-state index in [0.29, 0.717) is 6.61 Å². The lowest BCUT2D eigenvalue weighted by atomic mass is 10.0. The van der Waals surface area contributed by atoms with Gasteiger partial charge in [-0.15, -0.1) is 0 Å². The molecule has 0 saturated heterocycles. The van der Waals surface area contributed by atoms with Crippen molar-refractivity contribution in [1.82, 2.24) is 0 Å². The number of allylic oxidation sites excluding steroid dienone is 8. The fraction of sp³-hybridized carbons (Fsp3) is 0.833. The molecule has 3 atom stereocenters. The zero-order valence-corrected chi connectivity index (χ0v) is 42.4. The van der Waals surface area contributed by atoms with Crippen molar-refractivity contribution >= 4 is 13.8 Å². The van der Waals surface area contributed by atoms with Gasteiger partial charge in [-0.1, -0.05) is 210 Å². The third-order valence-electron chi connectivity index (χ3n) is 11.5. The van der Waals surface area contributed by atoms with E-state index in [-0.39, 0.29) is 25.6 Å². The summed E-state index contributed by atoms with van der Waals surface area (Å²) in [5.41, 5.74) is 0. The second-order valence-corrected chi connectivity index (χ2v) is 19.3. The standard InChI is InChI=1S/C54H101O9P/c1-3-5-7-9-11-13-15-17-19-21-23-25-26-27-28-30-32-34-36-38-40-42-44-46-54(57)63-53(51-62-64(58,59)61-49-52(56)48-55)50-60-47-45-43-41-39-37-35-33-31-29-24-22-20-18-16-14-12-10-8-6-4-2/h12,14-15,17-18,20-21,23,52-53,55-56H,3-11,13,16,19,22,24-51H2,1-2H3,(H,58,59)/b14-12-,17-15-,20-18-,23-21-. The van der Waals surface area contributed by atoms with Gasteiger partial charge in [0.15, 0.2) is 0 Å². The van der Waals surface area contributed by atoms with Crippen LogP contribution >= 0.6 is 7.82 Å². The van der Waals surface area contributed by atoms with Gasteiger partial charge >= 0.3 is 13.8 Å². The minimum atomic E-state index is -4.53. The van der Waals surface area contributed by atoms with Crippen molar-refractivity contribution < 1.29 is 43.0 Å². The SMILES string of the molecule is CCCCC/C=C\C/C=C\CCCCCCCCCCCCOCC(COP(=O)(O)OCC(O)CO)OC(=O)CCCCCCCCCCCCC/C=C\C/C=C\CCCCCCC. The first kappa shape index (κ1) is 62.4. The lowest BCUT2D eigenvalue weighted by molar-refractivity contribution is -0.154. The van der Waals surface area contributed by atoms with E-state index in [2.05, 4.69) is 62.5 Å². The van der Waals surface area contributed by atoms with Gasteiger partial charge in [-0.3, -0.25) is 13.8 Å². The van der Waals surface area contributed by atoms with E-state index >= 15 is 0 Å². The highest BCUT2D eigenvalue weighted by Crippen LogP contribution is 2.43. The lowest BCUT2D eigenvalue weighted by Gasteiger charge is -2.20. The number of aliphatic hydroxyl groups is 2. The summed E-state index contributed by atoms with van der Waals surface area (Å²) < 4.78 is 33.6. The number of unbranched alkanes of at least 4 members (excludes halogenated alkanes) is 29. The predicted octanol–water partition coefficient (Wildman–Crippen LogP) is 15.7. The monoisotopic (exact) mass is 925 g/mol. The van der Waals surface area contributed by atoms with Crippen molar-refractivity contribution in [3.05, 3.63) is 48.6 Å². The van der Waals surface area contributed by atoms with Crippen LogP contribution in [0.15, 0.2) is 48.6 Å². The molecule has 0 amide bonds. The van der Waals surface area contributed by atoms with Crippen LogP contribution in [-0.2, 0) is 27.9 Å². The van der Waals surface area contributed by atoms with Crippen molar-refractivity contribution in [3.8, 4) is 0 Å². The Bertz CT molecular complexity index is 1140. The van der Waals surface area contributed by atoms with Gasteiger partial charge in [-0.25, -0.2) is 4.57 Å². The molecule has 10 heteroatoms. The van der Waals surface area contributed by atoms with E-state index in [1.54, 1.807) is 0 Å². The molecule has 0 bridgehead atoms. The number of phosphoric ester groups is 1. The normalized spacial score (nSPS) is 14.1. The maximum absolute atomic E-state index is 12.7. The van der Waals surface area contributed by atoms with Gasteiger partial charge in [0.05, 0.1) is 26.4 Å². The molecule has 0 aromatic heterocycles. The topological polar surface area (TPSA) is 132 Å². The number of phosphoric acid groups is 1. The van der Waals surface area contributed by atoms with Gasteiger partial charge in [0.1, 0.15) is 12.2 Å². The Morgan fingerprint density at radius 3 is 1.28 bits per heavy atom. The highest BCUT2D eigenvalue weighted by molar-refractivity contribution is 7.47. The highest BCUT2D eigenvalue weighted by atomic mass is 31.2. The third-order valence-corrected chi connectivity index (χ3v) is 12.4. The van der Waals surface area contributed by atoms with Crippen molar-refractivity contribution in [2.75, 3.05) is 33.0 Å². The van der Waals surface area contributed by atoms with Crippen LogP contribution in [0.1, 0.15) is 245 Å². The summed E-state index contributed by atoms with van der Waals surface area (Å²) in [6.45, 7) is 3.51. The summed E-state index contributed by atoms with van der Waals surface area (Å²) in [6, 6.07) is 0. The molecule has 0 aromatic rings. The van der Waals surface area contributed by atoms with Crippen LogP contribution in [0.2, 0.25) is 0 Å². The summed E-state index contributed by atoms with van der Waals surface area (Å²) in [4.78, 5) is 22.7. The summed E-state index contributed by atoms with van der Waals surface area (Å²) in [6.07, 6.45) is 59.3. The summed E-state index contributed by atoms with van der Waals surface area (Å²) in [5, 5.41) is 18.4. The van der Waals surface area contributed by atoms with Crippen molar-refractivity contribution in [2.45, 2.75) is 257 Å². The predicted molar refractivity (Wildman–Crippen MR) is 270 cm³/mol. The largest absolute Gasteiger partial charge is 0.472 e. The molecule has 0 fully saturated rings. The second kappa shape index (κ2) is 50.8. The van der Waals surface area contributed by atoms with Gasteiger partial charge in [-0.05, 0) is 77.0 Å². The zero-order chi connectivity index (χ0) is 46.7. The maximum atomic E-state index is 12.7. The highest BCUT2D eigenvalue weighted by Gasteiger charge is 2.26. The molecular formula is C54H101O9P. The molecule has 376 valence electrons. The number of carbonyl (C=O) groups is 1. The van der Waals surface area contributed by atoms with Crippen LogP contribution in [0, 0.1) is 0 Å². The molecule has 0 spiro atoms. The summed E-state index contributed by atoms with van der Waals surface area (Å²) in [7, 11) is -4.53. The Balaban J connectivity index is 4.05. The quantitative estimate of drug-likeness (QED) is 0.0236. The van der Waals surface area contributed by atoms with Crippen molar-refractivity contribution in [3.63, 3.8) is 0 Å². The molecule has 0 aliphatic carbocycles. The minimum Gasteiger partial charge on any atom is -0.457 e. The molecule has 3 N–H and O–H groups in total. The second-order valence-electron chi connectivity index (χ2n) is 17.9. The number of rotatable bonds is 51. The molecule has 3 unspecified atom stereocenters. The van der Waals surface area contributed by atoms with E-state index in [4.69, 9.17) is 23.6 Å². The number of ether oxygens (including phenoxy) is 2. The first-order chi connectivity index (χ1) is 31.3. The summed E-state index contributed by atoms with van der Waals surface area (Å²) >= 11 is 0. The molecule has 9 nitrogen and oxygen atoms in total. The van der Waals surface area contributed by atoms with Gasteiger partial charge in [0, 0.05) is 13.0 Å². The first-order valence-electron chi connectivity index (χ1n) is 26.6. The number of hydrogen-bond acceptors (Lipinski definition) is 8. The van der Waals surface area contributed by atoms with Gasteiger partial charge < -0.3 is 24.6 Å². The Morgan fingerprint density at radius 1 is 0.484 bits per heavy atom. The molecule has 0 radical (unpaired) electrons. The number of aliphatic hydroxyl groups excluding tert-OH is 2. The van der Waals surface area contributed by atoms with Crippen LogP contribution in [0.3, 0.4) is 0 Å². The Labute approximate surface area is 394 Å². The van der Waals surface area contributed by atoms with Crippen LogP contribution in [0.4, 0.5) is 0 Å². The maximum Gasteiger partial charge on any atom is 0.472 e. The zero-order valence-electron chi connectivity index (χ0n) is 41.5. The molecular weight excluding hydrogens is 824 g/mol. The summed E-state index contributed by atoms with van der Waals surface area (Å²) in [5.74, 6) is -0.384. The van der Waals surface area contributed by atoms with Crippen LogP contribution < -0.4 is 0 Å². The van der Waals surface area contributed by atoms with E-state index in [0.717, 1.165) is 51.4 Å². The van der Waals surface area contributed by atoms with Crippen LogP contribution in [0.5, 0.6) is 0 Å². The lowest BCUT2D eigenvalue weighted by Crippen LogP contribution is -2.29. The smallest absolute Gasteiger partial charge is 0.457 e. The van der Waals surface area contributed by atoms with E-state index < -0.39 is 33.2 Å². The average Bonchev–Trinajstić information content (AvgIpc) is 3.29. The molecule has 0 aromatic carbocycles. The van der Waals surface area contributed by atoms with Crippen LogP contribution in [-0.4, -0.2) is 66.3 Å². The molecule has 64 heavy (non-hydrogen) atoms. The fourth-order valence-electron chi connectivity index (χ4n) is 7.42. The van der Waals surface area contributed by atoms with Crippen molar-refractivity contribution in [2.24, 2.45) is 0 Å².